The molecule has 1 rings (SSSR count). The largest absolute Gasteiger partial charge is 0.511 e. The van der Waals surface area contributed by atoms with E-state index in [0.29, 0.717) is 36.2 Å². The van der Waals surface area contributed by atoms with Gasteiger partial charge in [-0.1, -0.05) is 13.8 Å². The van der Waals surface area contributed by atoms with Gasteiger partial charge in [0.15, 0.2) is 5.96 Å². The summed E-state index contributed by atoms with van der Waals surface area (Å²) in [5.41, 5.74) is -5.28. The minimum Gasteiger partial charge on any atom is -0.357 e. The van der Waals surface area contributed by atoms with E-state index in [1.54, 1.807) is 0 Å². The topological polar surface area (TPSA) is 77.0 Å². The summed E-state index contributed by atoms with van der Waals surface area (Å²) in [7, 11) is -1.25. The van der Waals surface area contributed by atoms with Crippen LogP contribution in [0.4, 0.5) is 13.2 Å². The molecule has 0 radical (unpaired) electrons. The number of aliphatic imine (C=N–C) groups is 1. The molecule has 1 aliphatic rings. The number of nitrogens with zero attached hydrogens (tertiary/aromatic N) is 3. The van der Waals surface area contributed by atoms with Crippen molar-refractivity contribution in [3.05, 3.63) is 0 Å². The summed E-state index contributed by atoms with van der Waals surface area (Å²) < 4.78 is 61.4. The Morgan fingerprint density at radius 3 is 2.22 bits per heavy atom. The third-order valence-corrected chi connectivity index (χ3v) is 5.81. The summed E-state index contributed by atoms with van der Waals surface area (Å²) in [6.45, 7) is 7.94. The van der Waals surface area contributed by atoms with E-state index in [4.69, 9.17) is 0 Å². The third kappa shape index (κ3) is 7.46. The molecule has 7 nitrogen and oxygen atoms in total. The van der Waals surface area contributed by atoms with Crippen LogP contribution in [0.5, 0.6) is 0 Å². The third-order valence-electron chi connectivity index (χ3n) is 4.18. The van der Waals surface area contributed by atoms with Crippen LogP contribution in [0.3, 0.4) is 0 Å². The van der Waals surface area contributed by atoms with E-state index in [0.717, 1.165) is 6.54 Å². The lowest BCUT2D eigenvalue weighted by molar-refractivity contribution is -0.0494. The van der Waals surface area contributed by atoms with Crippen LogP contribution in [-0.4, -0.2) is 82.0 Å². The van der Waals surface area contributed by atoms with Gasteiger partial charge in [-0.05, 0) is 39.3 Å². The van der Waals surface area contributed by atoms with E-state index < -0.39 is 15.5 Å². The van der Waals surface area contributed by atoms with Crippen LogP contribution in [0, 0.1) is 5.41 Å². The quantitative estimate of drug-likeness (QED) is 0.486. The van der Waals surface area contributed by atoms with Crippen LogP contribution in [0.1, 0.15) is 33.6 Å². The zero-order valence-electron chi connectivity index (χ0n) is 16.7. The molecule has 0 aromatic carbocycles. The summed E-state index contributed by atoms with van der Waals surface area (Å²) >= 11 is 0. The van der Waals surface area contributed by atoms with Gasteiger partial charge < -0.3 is 15.5 Å². The first-order valence-electron chi connectivity index (χ1n) is 9.04. The van der Waals surface area contributed by atoms with Crippen LogP contribution in [0.25, 0.3) is 0 Å². The minimum absolute atomic E-state index is 0.0317. The predicted octanol–water partition coefficient (Wildman–Crippen LogP) is 1.44. The van der Waals surface area contributed by atoms with Crippen LogP contribution in [0.15, 0.2) is 4.99 Å². The second-order valence-electron chi connectivity index (χ2n) is 7.87. The lowest BCUT2D eigenvalue weighted by Crippen LogP contribution is -2.51. The smallest absolute Gasteiger partial charge is 0.357 e. The summed E-state index contributed by atoms with van der Waals surface area (Å²) in [4.78, 5) is 6.69. The van der Waals surface area contributed by atoms with Crippen molar-refractivity contribution in [1.82, 2.24) is 19.8 Å². The standard InChI is InChI=1S/C16H32F3N5O2S/c1-6-20-14(21-11-15(2,3)12-23(4)5)22-13-7-9-24(10-8-13)27(25,26)16(17,18)19/h13H,6-12H2,1-5H3,(H2,20,21,22). The van der Waals surface area contributed by atoms with Gasteiger partial charge in [-0.3, -0.25) is 4.99 Å². The number of hydrogen-bond acceptors (Lipinski definition) is 4. The molecule has 0 bridgehead atoms. The number of rotatable bonds is 7. The van der Waals surface area contributed by atoms with Gasteiger partial charge in [0.2, 0.25) is 0 Å². The van der Waals surface area contributed by atoms with E-state index in [1.807, 2.05) is 21.0 Å². The number of piperidine rings is 1. The Bertz CT molecular complexity index is 598. The number of guanidine groups is 1. The molecule has 0 aromatic rings. The first-order chi connectivity index (χ1) is 12.3. The van der Waals surface area contributed by atoms with Crippen molar-refractivity contribution >= 4 is 16.0 Å². The van der Waals surface area contributed by atoms with Crippen LogP contribution in [-0.2, 0) is 10.0 Å². The molecule has 0 amide bonds. The van der Waals surface area contributed by atoms with Crippen LogP contribution >= 0.6 is 0 Å². The maximum Gasteiger partial charge on any atom is 0.511 e. The molecule has 0 aliphatic carbocycles. The zero-order chi connectivity index (χ0) is 20.9. The van der Waals surface area contributed by atoms with Crippen LogP contribution in [0.2, 0.25) is 0 Å². The van der Waals surface area contributed by atoms with Crippen LogP contribution < -0.4 is 10.6 Å². The molecule has 11 heteroatoms. The maximum absolute atomic E-state index is 12.7. The summed E-state index contributed by atoms with van der Waals surface area (Å²) in [6.07, 6.45) is 0.585. The van der Waals surface area contributed by atoms with E-state index in [1.165, 1.54) is 0 Å². The first-order valence-corrected chi connectivity index (χ1v) is 10.5. The Labute approximate surface area is 160 Å². The SMILES string of the molecule is CCNC(=NCC(C)(C)CN(C)C)NC1CCN(S(=O)(=O)C(F)(F)F)CC1. The fourth-order valence-corrected chi connectivity index (χ4v) is 4.08. The molecule has 2 N–H and O–H groups in total. The van der Waals surface area contributed by atoms with Gasteiger partial charge in [-0.2, -0.15) is 17.5 Å². The highest BCUT2D eigenvalue weighted by Gasteiger charge is 2.50. The lowest BCUT2D eigenvalue weighted by Gasteiger charge is -2.33. The summed E-state index contributed by atoms with van der Waals surface area (Å²) in [5, 5.41) is 6.35. The Balaban J connectivity index is 2.67. The molecule has 0 unspecified atom stereocenters. The number of sulfonamides is 1. The minimum atomic E-state index is -5.25. The van der Waals surface area contributed by atoms with Crippen molar-refractivity contribution < 1.29 is 21.6 Å². The maximum atomic E-state index is 12.7. The van der Waals surface area contributed by atoms with Gasteiger partial charge >= 0.3 is 15.5 Å². The van der Waals surface area contributed by atoms with Crippen molar-refractivity contribution in [2.24, 2.45) is 10.4 Å². The van der Waals surface area contributed by atoms with E-state index in [-0.39, 0.29) is 24.5 Å². The Morgan fingerprint density at radius 2 is 1.78 bits per heavy atom. The molecule has 1 aliphatic heterocycles. The molecule has 1 fully saturated rings. The van der Waals surface area contributed by atoms with Crippen molar-refractivity contribution in [3.8, 4) is 0 Å². The number of nitrogens with one attached hydrogen (secondary N) is 2. The lowest BCUT2D eigenvalue weighted by atomic mass is 9.93. The van der Waals surface area contributed by atoms with Crippen molar-refractivity contribution in [2.45, 2.75) is 45.2 Å². The molecule has 27 heavy (non-hydrogen) atoms. The Hall–Kier alpha value is -1.07. The van der Waals surface area contributed by atoms with Gasteiger partial charge in [-0.15, -0.1) is 0 Å². The molecule has 1 saturated heterocycles. The summed E-state index contributed by atoms with van der Waals surface area (Å²) in [6, 6.07) is -0.126. The molecule has 0 spiro atoms. The number of halogens is 3. The zero-order valence-corrected chi connectivity index (χ0v) is 17.5. The first kappa shape index (κ1) is 24.0. The van der Waals surface area contributed by atoms with Gasteiger partial charge in [0.05, 0.1) is 0 Å². The Kier molecular flexibility index (Phi) is 8.36. The molecular formula is C16H32F3N5O2S. The number of alkyl halides is 3. The van der Waals surface area contributed by atoms with Gasteiger partial charge in [-0.25, -0.2) is 8.42 Å². The molecule has 160 valence electrons. The number of hydrogen-bond donors (Lipinski definition) is 2. The molecule has 0 saturated carbocycles. The van der Waals surface area contributed by atoms with Gasteiger partial charge in [0, 0.05) is 38.8 Å². The molecule has 0 aromatic heterocycles. The van der Waals surface area contributed by atoms with E-state index in [2.05, 4.69) is 34.4 Å². The summed E-state index contributed by atoms with van der Waals surface area (Å²) in [5.74, 6) is 0.599. The van der Waals surface area contributed by atoms with Crippen molar-refractivity contribution in [3.63, 3.8) is 0 Å². The molecular weight excluding hydrogens is 383 g/mol. The highest BCUT2D eigenvalue weighted by Crippen LogP contribution is 2.29. The fraction of sp³-hybridized carbons (Fsp3) is 0.938. The molecule has 0 atom stereocenters. The highest BCUT2D eigenvalue weighted by atomic mass is 32.2. The highest BCUT2D eigenvalue weighted by molar-refractivity contribution is 7.90. The van der Waals surface area contributed by atoms with Gasteiger partial charge in [0.1, 0.15) is 0 Å². The van der Waals surface area contributed by atoms with E-state index in [9.17, 15) is 21.6 Å². The Morgan fingerprint density at radius 1 is 1.22 bits per heavy atom. The van der Waals surface area contributed by atoms with Crippen molar-refractivity contribution in [2.75, 3.05) is 46.8 Å². The molecule has 1 heterocycles. The monoisotopic (exact) mass is 415 g/mol. The normalized spacial score (nSPS) is 18.8. The van der Waals surface area contributed by atoms with E-state index >= 15 is 0 Å². The van der Waals surface area contributed by atoms with Gasteiger partial charge in [0.25, 0.3) is 0 Å². The average molecular weight is 416 g/mol. The average Bonchev–Trinajstić information content (AvgIpc) is 2.51. The predicted molar refractivity (Wildman–Crippen MR) is 101 cm³/mol. The van der Waals surface area contributed by atoms with Crippen molar-refractivity contribution in [1.29, 1.82) is 0 Å². The fourth-order valence-electron chi connectivity index (χ4n) is 3.10. The second-order valence-corrected chi connectivity index (χ2v) is 9.80. The second kappa shape index (κ2) is 9.42.